The van der Waals surface area contributed by atoms with Crippen molar-refractivity contribution in [2.24, 2.45) is 5.92 Å². The summed E-state index contributed by atoms with van der Waals surface area (Å²) in [6.45, 7) is 6.34. The van der Waals surface area contributed by atoms with E-state index in [9.17, 15) is 4.79 Å². The Bertz CT molecular complexity index is 1280. The summed E-state index contributed by atoms with van der Waals surface area (Å²) in [5, 5.41) is 8.58. The smallest absolute Gasteiger partial charge is 0.254 e. The predicted octanol–water partition coefficient (Wildman–Crippen LogP) is 3.24. The summed E-state index contributed by atoms with van der Waals surface area (Å²) in [6, 6.07) is 11.2. The Labute approximate surface area is 197 Å². The Balaban J connectivity index is 1.26. The van der Waals surface area contributed by atoms with Crippen LogP contribution in [0.2, 0.25) is 0 Å². The second kappa shape index (κ2) is 9.64. The van der Waals surface area contributed by atoms with Gasteiger partial charge in [0, 0.05) is 37.0 Å². The topological polar surface area (TPSA) is 95.0 Å². The first-order valence-corrected chi connectivity index (χ1v) is 11.4. The molecule has 0 radical (unpaired) electrons. The zero-order chi connectivity index (χ0) is 23.5. The Morgan fingerprint density at radius 1 is 1.24 bits per heavy atom. The highest BCUT2D eigenvalue weighted by Crippen LogP contribution is 2.21. The maximum Gasteiger partial charge on any atom is 0.254 e. The fraction of sp³-hybridized carbons (Fsp3) is 0.360. The molecule has 34 heavy (non-hydrogen) atoms. The van der Waals surface area contributed by atoms with Crippen LogP contribution in [0, 0.1) is 19.8 Å². The van der Waals surface area contributed by atoms with Crippen LogP contribution in [-0.4, -0.2) is 56.9 Å². The van der Waals surface area contributed by atoms with Crippen molar-refractivity contribution in [3.63, 3.8) is 0 Å². The van der Waals surface area contributed by atoms with Crippen LogP contribution in [-0.2, 0) is 17.8 Å². The number of benzene rings is 1. The monoisotopic (exact) mass is 461 g/mol. The average molecular weight is 462 g/mol. The van der Waals surface area contributed by atoms with Crippen LogP contribution in [0.15, 0.2) is 53.3 Å². The molecule has 9 nitrogen and oxygen atoms in total. The van der Waals surface area contributed by atoms with Crippen molar-refractivity contribution in [1.29, 1.82) is 0 Å². The number of carbonyl (C=O) groups is 1. The van der Waals surface area contributed by atoms with E-state index < -0.39 is 0 Å². The number of hydrogen-bond donors (Lipinski definition) is 0. The van der Waals surface area contributed by atoms with Gasteiger partial charge in [-0.2, -0.15) is 5.10 Å². The molecule has 176 valence electrons. The first kappa shape index (κ1) is 22.1. The van der Waals surface area contributed by atoms with Crippen molar-refractivity contribution < 1.29 is 18.8 Å². The van der Waals surface area contributed by atoms with Crippen molar-refractivity contribution in [2.45, 2.75) is 26.9 Å². The highest BCUT2D eigenvalue weighted by atomic mass is 16.5. The van der Waals surface area contributed by atoms with Crippen LogP contribution in [0.4, 0.5) is 0 Å². The van der Waals surface area contributed by atoms with Crippen molar-refractivity contribution in [3.8, 4) is 5.75 Å². The van der Waals surface area contributed by atoms with Crippen molar-refractivity contribution in [3.05, 3.63) is 77.1 Å². The fourth-order valence-corrected chi connectivity index (χ4v) is 4.21. The second-order valence-corrected chi connectivity index (χ2v) is 8.57. The van der Waals surface area contributed by atoms with Crippen molar-refractivity contribution in [1.82, 2.24) is 24.7 Å². The summed E-state index contributed by atoms with van der Waals surface area (Å²) in [6.07, 6.45) is 4.28. The van der Waals surface area contributed by atoms with Crippen LogP contribution < -0.4 is 4.74 Å². The number of hydrogen-bond acceptors (Lipinski definition) is 7. The quantitative estimate of drug-likeness (QED) is 0.435. The predicted molar refractivity (Wildman–Crippen MR) is 124 cm³/mol. The van der Waals surface area contributed by atoms with Crippen LogP contribution in [0.1, 0.15) is 33.1 Å². The molecule has 1 atom stereocenters. The Morgan fingerprint density at radius 2 is 2.15 bits per heavy atom. The minimum atomic E-state index is -0.0312. The molecule has 9 heteroatoms. The Hall–Kier alpha value is -3.72. The number of amides is 1. The van der Waals surface area contributed by atoms with Gasteiger partial charge in [0.15, 0.2) is 5.65 Å². The van der Waals surface area contributed by atoms with Gasteiger partial charge >= 0.3 is 0 Å². The fourth-order valence-electron chi connectivity index (χ4n) is 4.21. The second-order valence-electron chi connectivity index (χ2n) is 8.57. The van der Waals surface area contributed by atoms with E-state index in [-0.39, 0.29) is 11.8 Å². The lowest BCUT2D eigenvalue weighted by Gasteiger charge is -2.24. The molecule has 1 aromatic carbocycles. The summed E-state index contributed by atoms with van der Waals surface area (Å²) in [4.78, 5) is 19.4. The normalized spacial score (nSPS) is 16.5. The van der Waals surface area contributed by atoms with Gasteiger partial charge in [-0.15, -0.1) is 0 Å². The number of aromatic nitrogens is 4. The molecule has 0 saturated carbocycles. The molecule has 1 fully saturated rings. The maximum atomic E-state index is 13.3. The molecule has 1 amide bonds. The number of rotatable bonds is 6. The van der Waals surface area contributed by atoms with E-state index in [1.807, 2.05) is 55.3 Å². The third-order valence-electron chi connectivity index (χ3n) is 6.08. The van der Waals surface area contributed by atoms with Gasteiger partial charge in [-0.05, 0) is 50.6 Å². The van der Waals surface area contributed by atoms with Gasteiger partial charge < -0.3 is 18.9 Å². The van der Waals surface area contributed by atoms with E-state index >= 15 is 0 Å². The molecule has 1 aliphatic heterocycles. The Kier molecular flexibility index (Phi) is 6.27. The number of imidazole rings is 1. The minimum absolute atomic E-state index is 0.0312. The zero-order valence-electron chi connectivity index (χ0n) is 19.3. The maximum absolute atomic E-state index is 13.3. The first-order chi connectivity index (χ1) is 16.6. The van der Waals surface area contributed by atoms with E-state index in [4.69, 9.17) is 14.0 Å². The van der Waals surface area contributed by atoms with Crippen LogP contribution >= 0.6 is 0 Å². The van der Waals surface area contributed by atoms with E-state index in [1.54, 1.807) is 16.8 Å². The third kappa shape index (κ3) is 4.79. The molecule has 1 saturated heterocycles. The molecular weight excluding hydrogens is 434 g/mol. The Morgan fingerprint density at radius 3 is 3.00 bits per heavy atom. The van der Waals surface area contributed by atoms with Crippen molar-refractivity contribution in [2.75, 3.05) is 26.3 Å². The van der Waals surface area contributed by atoms with Gasteiger partial charge in [-0.3, -0.25) is 4.79 Å². The molecule has 3 aromatic heterocycles. The van der Waals surface area contributed by atoms with Crippen LogP contribution in [0.3, 0.4) is 0 Å². The summed E-state index contributed by atoms with van der Waals surface area (Å²) in [5.41, 5.74) is 4.08. The number of aryl methyl sites for hydroxylation is 2. The van der Waals surface area contributed by atoms with E-state index in [0.29, 0.717) is 44.2 Å². The van der Waals surface area contributed by atoms with Crippen molar-refractivity contribution >= 4 is 11.6 Å². The molecule has 4 heterocycles. The molecule has 0 unspecified atom stereocenters. The van der Waals surface area contributed by atoms with E-state index in [2.05, 4.69) is 15.2 Å². The lowest BCUT2D eigenvalue weighted by atomic mass is 10.0. The molecule has 0 bridgehead atoms. The van der Waals surface area contributed by atoms with Gasteiger partial charge in [0.1, 0.15) is 18.1 Å². The molecule has 1 aliphatic rings. The number of fused-ring (bicyclic) bond motifs is 1. The van der Waals surface area contributed by atoms with Gasteiger partial charge in [0.05, 0.1) is 30.2 Å². The SMILES string of the molecule is Cc1noc(C)c1COc1cccc(C(=O)N2CCOC[C@@H](Cc3ccc4nccn4n3)C2)c1. The summed E-state index contributed by atoms with van der Waals surface area (Å²) >= 11 is 0. The molecular formula is C25H27N5O4. The standard InChI is InChI=1S/C25H27N5O4/c1-17-23(18(2)34-28-17)16-33-22-5-3-4-20(13-22)25(31)29-10-11-32-15-19(14-29)12-21-6-7-24-26-8-9-30(24)27-21/h3-9,13,19H,10-12,14-16H2,1-2H3/t19-/m0/s1. The zero-order valence-corrected chi connectivity index (χ0v) is 19.3. The average Bonchev–Trinajstić information content (AvgIpc) is 3.36. The van der Waals surface area contributed by atoms with Crippen LogP contribution in [0.25, 0.3) is 5.65 Å². The van der Waals surface area contributed by atoms with Gasteiger partial charge in [-0.25, -0.2) is 9.50 Å². The van der Waals surface area contributed by atoms with E-state index in [0.717, 1.165) is 34.8 Å². The van der Waals surface area contributed by atoms with Crippen LogP contribution in [0.5, 0.6) is 5.75 Å². The summed E-state index contributed by atoms with van der Waals surface area (Å²) < 4.78 is 18.7. The lowest BCUT2D eigenvalue weighted by Crippen LogP contribution is -2.36. The number of nitrogens with zero attached hydrogens (tertiary/aromatic N) is 5. The van der Waals surface area contributed by atoms with E-state index in [1.165, 1.54) is 0 Å². The summed E-state index contributed by atoms with van der Waals surface area (Å²) in [5.74, 6) is 1.49. The highest BCUT2D eigenvalue weighted by Gasteiger charge is 2.24. The molecule has 0 aliphatic carbocycles. The molecule has 5 rings (SSSR count). The third-order valence-corrected chi connectivity index (χ3v) is 6.08. The first-order valence-electron chi connectivity index (χ1n) is 11.4. The largest absolute Gasteiger partial charge is 0.489 e. The summed E-state index contributed by atoms with van der Waals surface area (Å²) in [7, 11) is 0. The number of ether oxygens (including phenoxy) is 2. The van der Waals surface area contributed by atoms with Gasteiger partial charge in [0.2, 0.25) is 0 Å². The minimum Gasteiger partial charge on any atom is -0.489 e. The van der Waals surface area contributed by atoms with Gasteiger partial charge in [0.25, 0.3) is 5.91 Å². The molecule has 4 aromatic rings. The highest BCUT2D eigenvalue weighted by molar-refractivity contribution is 5.94. The van der Waals surface area contributed by atoms with Gasteiger partial charge in [-0.1, -0.05) is 11.2 Å². The lowest BCUT2D eigenvalue weighted by molar-refractivity contribution is 0.0736. The molecule has 0 spiro atoms. The molecule has 0 N–H and O–H groups in total. The number of carbonyl (C=O) groups excluding carboxylic acids is 1.